The highest BCUT2D eigenvalue weighted by Crippen LogP contribution is 2.67. The molecule has 2 heterocycles. The summed E-state index contributed by atoms with van der Waals surface area (Å²) >= 11 is 0. The third-order valence-electron chi connectivity index (χ3n) is 14.6. The van der Waals surface area contributed by atoms with Gasteiger partial charge in [0, 0.05) is 12.1 Å². The van der Waals surface area contributed by atoms with Gasteiger partial charge in [-0.05, 0) is 120 Å². The predicted octanol–water partition coefficient (Wildman–Crippen LogP) is 14.1. The monoisotopic (exact) mass is 789 g/mol. The number of anilines is 3. The highest BCUT2D eigenvalue weighted by atomic mass is 15.2. The molecular weight excluding hydrogens is 751 g/mol. The second kappa shape index (κ2) is 12.2. The highest BCUT2D eigenvalue weighted by molar-refractivity contribution is 6.02. The molecule has 0 unspecified atom stereocenters. The first-order valence-corrected chi connectivity index (χ1v) is 21.9. The van der Waals surface area contributed by atoms with E-state index in [0.29, 0.717) is 0 Å². The number of para-hydroxylation sites is 2. The molecule has 14 rings (SSSR count). The summed E-state index contributed by atoms with van der Waals surface area (Å²) < 4.78 is 2.39. The van der Waals surface area contributed by atoms with Crippen LogP contribution in [0.3, 0.4) is 0 Å². The minimum Gasteiger partial charge on any atom is -0.306 e. The molecule has 0 radical (unpaired) electrons. The number of rotatable bonds is 3. The molecule has 2 spiro atoms. The van der Waals surface area contributed by atoms with Gasteiger partial charge >= 0.3 is 0 Å². The molecule has 0 atom stereocenters. The van der Waals surface area contributed by atoms with Crippen LogP contribution in [-0.2, 0) is 17.3 Å². The molecule has 0 saturated carbocycles. The van der Waals surface area contributed by atoms with E-state index in [1.807, 2.05) is 0 Å². The Morgan fingerprint density at radius 2 is 0.871 bits per heavy atom. The molecule has 4 aliphatic rings. The number of aryl methyl sites for hydroxylation is 1. The van der Waals surface area contributed by atoms with Gasteiger partial charge in [-0.3, -0.25) is 4.57 Å². The molecule has 1 aromatic heterocycles. The van der Waals surface area contributed by atoms with Gasteiger partial charge in [-0.1, -0.05) is 171 Å². The van der Waals surface area contributed by atoms with Crippen LogP contribution in [-0.4, -0.2) is 9.55 Å². The Labute approximate surface area is 360 Å². The van der Waals surface area contributed by atoms with Crippen molar-refractivity contribution >= 4 is 28.1 Å². The smallest absolute Gasteiger partial charge is 0.114 e. The number of nitrogens with zero attached hydrogens (tertiary/aromatic N) is 3. The molecule has 0 saturated heterocycles. The maximum absolute atomic E-state index is 5.14. The number of benzene rings is 9. The summed E-state index contributed by atoms with van der Waals surface area (Å²) in [7, 11) is 0. The lowest BCUT2D eigenvalue weighted by atomic mass is 9.52. The first-order chi connectivity index (χ1) is 30.7. The molecule has 10 aromatic rings. The van der Waals surface area contributed by atoms with Gasteiger partial charge in [0.25, 0.3) is 0 Å². The Morgan fingerprint density at radius 1 is 0.387 bits per heavy atom. The molecule has 3 nitrogen and oxygen atoms in total. The number of fused-ring (bicyclic) bond motifs is 18. The maximum Gasteiger partial charge on any atom is 0.114 e. The van der Waals surface area contributed by atoms with Crippen molar-refractivity contribution in [2.75, 3.05) is 4.90 Å². The number of hydrogen-bond donors (Lipinski definition) is 0. The van der Waals surface area contributed by atoms with Crippen molar-refractivity contribution in [3.05, 3.63) is 257 Å². The molecule has 9 aromatic carbocycles. The highest BCUT2D eigenvalue weighted by Gasteiger charge is 2.58. The van der Waals surface area contributed by atoms with Gasteiger partial charge in [-0.2, -0.15) is 0 Å². The van der Waals surface area contributed by atoms with Crippen LogP contribution in [0.25, 0.3) is 50.1 Å². The molecule has 1 aliphatic heterocycles. The lowest BCUT2D eigenvalue weighted by Crippen LogP contribution is -2.43. The Kier molecular flexibility index (Phi) is 6.68. The summed E-state index contributed by atoms with van der Waals surface area (Å²) in [4.78, 5) is 7.57. The van der Waals surface area contributed by atoms with Gasteiger partial charge < -0.3 is 4.90 Å². The number of hydrogen-bond acceptors (Lipinski definition) is 2. The van der Waals surface area contributed by atoms with Gasteiger partial charge in [0.2, 0.25) is 0 Å². The zero-order chi connectivity index (χ0) is 40.7. The van der Waals surface area contributed by atoms with Crippen molar-refractivity contribution in [3.63, 3.8) is 0 Å². The summed E-state index contributed by atoms with van der Waals surface area (Å²) in [6.07, 6.45) is 0.843. The molecule has 290 valence electrons. The number of aromatic nitrogens is 2. The van der Waals surface area contributed by atoms with Gasteiger partial charge in [-0.15, -0.1) is 0 Å². The van der Waals surface area contributed by atoms with E-state index >= 15 is 0 Å². The first-order valence-electron chi connectivity index (χ1n) is 21.9. The van der Waals surface area contributed by atoms with E-state index in [2.05, 4.69) is 223 Å². The van der Waals surface area contributed by atoms with E-state index in [1.165, 1.54) is 77.9 Å². The fourth-order valence-electron chi connectivity index (χ4n) is 12.3. The zero-order valence-electron chi connectivity index (χ0n) is 34.2. The van der Waals surface area contributed by atoms with Crippen molar-refractivity contribution in [3.8, 4) is 39.1 Å². The van der Waals surface area contributed by atoms with Crippen LogP contribution < -0.4 is 4.90 Å². The number of imidazole rings is 1. The molecule has 0 N–H and O–H groups in total. The Bertz CT molecular complexity index is 3440. The fraction of sp³-hybridized carbons (Fsp3) is 0.0678. The molecule has 3 aliphatic carbocycles. The van der Waals surface area contributed by atoms with Crippen LogP contribution in [0.2, 0.25) is 0 Å². The average molecular weight is 790 g/mol. The van der Waals surface area contributed by atoms with Crippen molar-refractivity contribution in [1.29, 1.82) is 0 Å². The lowest BCUT2D eigenvalue weighted by Gasteiger charge is -2.48. The average Bonchev–Trinajstić information content (AvgIpc) is 3.97. The summed E-state index contributed by atoms with van der Waals surface area (Å²) in [5.74, 6) is 1.08. The van der Waals surface area contributed by atoms with Gasteiger partial charge in [0.15, 0.2) is 0 Å². The first kappa shape index (κ1) is 34.0. The fourth-order valence-corrected chi connectivity index (χ4v) is 12.3. The summed E-state index contributed by atoms with van der Waals surface area (Å²) in [5, 5.41) is 0. The van der Waals surface area contributed by atoms with Crippen molar-refractivity contribution < 1.29 is 0 Å². The van der Waals surface area contributed by atoms with E-state index in [9.17, 15) is 0 Å². The topological polar surface area (TPSA) is 21.1 Å². The van der Waals surface area contributed by atoms with Crippen LogP contribution in [0.5, 0.6) is 0 Å². The Hall–Kier alpha value is -7.75. The van der Waals surface area contributed by atoms with Crippen molar-refractivity contribution in [1.82, 2.24) is 9.55 Å². The van der Waals surface area contributed by atoms with E-state index < -0.39 is 10.8 Å². The SMILES string of the molecule is CCc1nc2cccc3c2n1-c1ccc(-c2ccc4c(c2)C2(c5ccccc5-4)c4ccccc4C4(c5ccccc5-c5ccccc54)c4ccccc42)cc1N3c1ccccc1. The predicted molar refractivity (Wildman–Crippen MR) is 252 cm³/mol. The van der Waals surface area contributed by atoms with E-state index in [-0.39, 0.29) is 0 Å². The second-order valence-electron chi connectivity index (χ2n) is 17.2. The maximum atomic E-state index is 5.14. The van der Waals surface area contributed by atoms with E-state index in [1.54, 1.807) is 0 Å². The zero-order valence-corrected chi connectivity index (χ0v) is 34.2. The molecule has 0 fully saturated rings. The molecule has 62 heavy (non-hydrogen) atoms. The minimum absolute atomic E-state index is 0.466. The summed E-state index contributed by atoms with van der Waals surface area (Å²) in [6.45, 7) is 2.20. The quantitative estimate of drug-likeness (QED) is 0.178. The standard InChI is InChI=1S/C59H39N3/c1-2-56-60-52-29-16-30-54-57(52)62(56)53-34-32-38(36-55(53)61(54)39-17-4-3-5-18-39)37-31-33-43-42-21-8-11-24-46(42)59(51(43)35-37)49-27-14-12-25-47(49)58(48-26-13-15-28-50(48)59)44-22-9-6-19-40(44)41-20-7-10-23-45(41)58/h3-36H,2H2,1H3. The van der Waals surface area contributed by atoms with Gasteiger partial charge in [0.1, 0.15) is 5.82 Å². The Morgan fingerprint density at radius 3 is 1.45 bits per heavy atom. The van der Waals surface area contributed by atoms with Crippen LogP contribution in [0.1, 0.15) is 57.3 Å². The lowest BCUT2D eigenvalue weighted by molar-refractivity contribution is 0.633. The second-order valence-corrected chi connectivity index (χ2v) is 17.2. The normalized spacial score (nSPS) is 14.8. The van der Waals surface area contributed by atoms with Crippen LogP contribution in [0, 0.1) is 0 Å². The van der Waals surface area contributed by atoms with Crippen LogP contribution >= 0.6 is 0 Å². The summed E-state index contributed by atoms with van der Waals surface area (Å²) in [5.41, 5.74) is 24.2. The van der Waals surface area contributed by atoms with Crippen LogP contribution in [0.15, 0.2) is 206 Å². The van der Waals surface area contributed by atoms with Crippen molar-refractivity contribution in [2.45, 2.75) is 24.2 Å². The largest absolute Gasteiger partial charge is 0.306 e. The van der Waals surface area contributed by atoms with Crippen molar-refractivity contribution in [2.24, 2.45) is 0 Å². The molecule has 0 amide bonds. The van der Waals surface area contributed by atoms with E-state index in [4.69, 9.17) is 4.98 Å². The third kappa shape index (κ3) is 4.00. The van der Waals surface area contributed by atoms with Gasteiger partial charge in [0.05, 0.1) is 38.9 Å². The molecule has 3 heteroatoms. The molecule has 0 bridgehead atoms. The molecular formula is C59H39N3. The van der Waals surface area contributed by atoms with E-state index in [0.717, 1.165) is 46.0 Å². The summed E-state index contributed by atoms with van der Waals surface area (Å²) in [6, 6.07) is 77.8. The minimum atomic E-state index is -0.547. The van der Waals surface area contributed by atoms with Crippen LogP contribution in [0.4, 0.5) is 17.1 Å². The Balaban J connectivity index is 1.04. The third-order valence-corrected chi connectivity index (χ3v) is 14.6. The van der Waals surface area contributed by atoms with Gasteiger partial charge in [-0.25, -0.2) is 4.98 Å².